The number of hydrogen-bond acceptors (Lipinski definition) is 1. The van der Waals surface area contributed by atoms with Gasteiger partial charge in [-0.2, -0.15) is 0 Å². The summed E-state index contributed by atoms with van der Waals surface area (Å²) in [5.74, 6) is 7.21. The molecule has 0 aromatic rings. The molecular formula is C9H10O. The number of terminal acetylenes is 1. The lowest BCUT2D eigenvalue weighted by Gasteiger charge is -1.98. The molecule has 0 spiro atoms. The van der Waals surface area contributed by atoms with E-state index in [0.717, 1.165) is 6.42 Å². The predicted octanol–water partition coefficient (Wildman–Crippen LogP) is 1.24. The highest BCUT2D eigenvalue weighted by Crippen LogP contribution is 2.00. The van der Waals surface area contributed by atoms with Crippen molar-refractivity contribution in [3.63, 3.8) is 0 Å². The molecule has 0 amide bonds. The highest BCUT2D eigenvalue weighted by atomic mass is 16.1. The molecule has 0 radical (unpaired) electrons. The van der Waals surface area contributed by atoms with E-state index in [2.05, 4.69) is 17.8 Å². The van der Waals surface area contributed by atoms with E-state index in [1.165, 1.54) is 6.92 Å². The van der Waals surface area contributed by atoms with E-state index in [9.17, 15) is 4.79 Å². The zero-order valence-electron chi connectivity index (χ0n) is 6.27. The second-order valence-corrected chi connectivity index (χ2v) is 1.99. The van der Waals surface area contributed by atoms with E-state index in [1.807, 2.05) is 6.92 Å². The number of ketones is 1. The lowest BCUT2D eigenvalue weighted by molar-refractivity contribution is -0.119. The molecule has 0 saturated carbocycles. The van der Waals surface area contributed by atoms with Gasteiger partial charge < -0.3 is 0 Å². The van der Waals surface area contributed by atoms with Crippen LogP contribution in [0.1, 0.15) is 20.3 Å². The number of hydrogen-bond donors (Lipinski definition) is 0. The average Bonchev–Trinajstić information content (AvgIpc) is 1.89. The highest BCUT2D eigenvalue weighted by Gasteiger charge is 2.05. The first-order chi connectivity index (χ1) is 4.72. The number of carbonyl (C=O) groups is 1. The molecule has 0 aliphatic rings. The third kappa shape index (κ3) is 2.95. The van der Waals surface area contributed by atoms with Gasteiger partial charge in [-0.15, -0.1) is 6.42 Å². The molecule has 0 N–H and O–H groups in total. The molecule has 10 heavy (non-hydrogen) atoms. The van der Waals surface area contributed by atoms with Gasteiger partial charge in [-0.25, -0.2) is 0 Å². The first-order valence-corrected chi connectivity index (χ1v) is 3.19. The van der Waals surface area contributed by atoms with Gasteiger partial charge in [0.25, 0.3) is 0 Å². The minimum atomic E-state index is -0.170. The van der Waals surface area contributed by atoms with E-state index in [1.54, 1.807) is 0 Å². The summed E-state index contributed by atoms with van der Waals surface area (Å²) in [6.45, 7) is 3.44. The summed E-state index contributed by atoms with van der Waals surface area (Å²) in [5.41, 5.74) is 0. The van der Waals surface area contributed by atoms with Gasteiger partial charge in [0.15, 0.2) is 0 Å². The maximum atomic E-state index is 10.7. The van der Waals surface area contributed by atoms with Gasteiger partial charge in [-0.1, -0.05) is 12.8 Å². The Bertz CT molecular complexity index is 209. The van der Waals surface area contributed by atoms with E-state index in [0.29, 0.717) is 0 Å². The van der Waals surface area contributed by atoms with E-state index in [4.69, 9.17) is 6.42 Å². The molecule has 0 aromatic heterocycles. The van der Waals surface area contributed by atoms with Crippen molar-refractivity contribution >= 4 is 5.78 Å². The Balaban J connectivity index is 4.12. The molecule has 0 heterocycles. The Labute approximate surface area is 61.8 Å². The maximum absolute atomic E-state index is 10.7. The van der Waals surface area contributed by atoms with Crippen LogP contribution in [0, 0.1) is 30.1 Å². The van der Waals surface area contributed by atoms with Crippen molar-refractivity contribution in [3.05, 3.63) is 0 Å². The maximum Gasteiger partial charge on any atom is 0.144 e. The van der Waals surface area contributed by atoms with Gasteiger partial charge in [-0.3, -0.25) is 4.79 Å². The summed E-state index contributed by atoms with van der Waals surface area (Å²) in [5, 5.41) is 0. The molecule has 0 bridgehead atoms. The molecule has 0 saturated heterocycles. The third-order valence-electron chi connectivity index (χ3n) is 1.22. The Morgan fingerprint density at radius 2 is 2.30 bits per heavy atom. The molecule has 0 fully saturated rings. The standard InChI is InChI=1S/C9H10O/c1-4-6-7-9(5-2)8(3)10/h1,9H,5H2,2-3H3. The molecule has 1 atom stereocenters. The topological polar surface area (TPSA) is 17.1 Å². The van der Waals surface area contributed by atoms with E-state index in [-0.39, 0.29) is 11.7 Å². The number of Topliss-reactive ketones (excluding diaryl/α,β-unsaturated/α-hetero) is 1. The Hall–Kier alpha value is -1.21. The quantitative estimate of drug-likeness (QED) is 0.519. The number of rotatable bonds is 2. The summed E-state index contributed by atoms with van der Waals surface area (Å²) in [6, 6.07) is 0. The van der Waals surface area contributed by atoms with Crippen molar-refractivity contribution in [1.29, 1.82) is 0 Å². The first kappa shape index (κ1) is 8.79. The van der Waals surface area contributed by atoms with Crippen molar-refractivity contribution in [2.24, 2.45) is 5.92 Å². The van der Waals surface area contributed by atoms with Crippen LogP contribution in [0.5, 0.6) is 0 Å². The second-order valence-electron chi connectivity index (χ2n) is 1.99. The molecule has 52 valence electrons. The number of carbonyl (C=O) groups excluding carboxylic acids is 1. The van der Waals surface area contributed by atoms with Gasteiger partial charge >= 0.3 is 0 Å². The van der Waals surface area contributed by atoms with Gasteiger partial charge in [0.1, 0.15) is 5.78 Å². The Morgan fingerprint density at radius 3 is 2.60 bits per heavy atom. The Morgan fingerprint density at radius 1 is 1.70 bits per heavy atom. The summed E-state index contributed by atoms with van der Waals surface area (Å²) < 4.78 is 0. The van der Waals surface area contributed by atoms with Crippen LogP contribution in [0.3, 0.4) is 0 Å². The SMILES string of the molecule is C#CC#CC(CC)C(C)=O. The lowest BCUT2D eigenvalue weighted by Crippen LogP contribution is -2.06. The monoisotopic (exact) mass is 134 g/mol. The summed E-state index contributed by atoms with van der Waals surface area (Å²) in [4.78, 5) is 10.7. The van der Waals surface area contributed by atoms with Crippen molar-refractivity contribution in [3.8, 4) is 24.2 Å². The molecule has 1 unspecified atom stereocenters. The van der Waals surface area contributed by atoms with Gasteiger partial charge in [0.2, 0.25) is 0 Å². The van der Waals surface area contributed by atoms with Crippen LogP contribution in [0.15, 0.2) is 0 Å². The smallest absolute Gasteiger partial charge is 0.144 e. The average molecular weight is 134 g/mol. The first-order valence-electron chi connectivity index (χ1n) is 3.19. The van der Waals surface area contributed by atoms with Crippen LogP contribution in [-0.4, -0.2) is 5.78 Å². The van der Waals surface area contributed by atoms with Gasteiger partial charge in [0, 0.05) is 0 Å². The summed E-state index contributed by atoms with van der Waals surface area (Å²) in [7, 11) is 0. The van der Waals surface area contributed by atoms with Crippen LogP contribution >= 0.6 is 0 Å². The molecule has 1 nitrogen and oxygen atoms in total. The van der Waals surface area contributed by atoms with Crippen LogP contribution in [0.4, 0.5) is 0 Å². The molecule has 0 aromatic carbocycles. The molecule has 0 aliphatic heterocycles. The zero-order chi connectivity index (χ0) is 7.98. The van der Waals surface area contributed by atoms with Crippen LogP contribution < -0.4 is 0 Å². The second kappa shape index (κ2) is 4.65. The fourth-order valence-electron chi connectivity index (χ4n) is 0.620. The van der Waals surface area contributed by atoms with E-state index >= 15 is 0 Å². The van der Waals surface area contributed by atoms with Crippen molar-refractivity contribution < 1.29 is 4.79 Å². The zero-order valence-corrected chi connectivity index (χ0v) is 6.27. The van der Waals surface area contributed by atoms with Crippen molar-refractivity contribution in [2.45, 2.75) is 20.3 Å². The molecule has 1 heteroatoms. The van der Waals surface area contributed by atoms with Crippen molar-refractivity contribution in [1.82, 2.24) is 0 Å². The van der Waals surface area contributed by atoms with Crippen molar-refractivity contribution in [2.75, 3.05) is 0 Å². The molecule has 0 rings (SSSR count). The lowest BCUT2D eigenvalue weighted by atomic mass is 10.0. The molecular weight excluding hydrogens is 124 g/mol. The third-order valence-corrected chi connectivity index (χ3v) is 1.22. The van der Waals surface area contributed by atoms with Crippen LogP contribution in [0.25, 0.3) is 0 Å². The minimum Gasteiger partial charge on any atom is -0.299 e. The predicted molar refractivity (Wildman–Crippen MR) is 41.1 cm³/mol. The normalized spacial score (nSPS) is 10.5. The largest absolute Gasteiger partial charge is 0.299 e. The van der Waals surface area contributed by atoms with E-state index < -0.39 is 0 Å². The summed E-state index contributed by atoms with van der Waals surface area (Å²) >= 11 is 0. The van der Waals surface area contributed by atoms with Gasteiger partial charge in [0.05, 0.1) is 5.92 Å². The van der Waals surface area contributed by atoms with Crippen LogP contribution in [-0.2, 0) is 4.79 Å². The summed E-state index contributed by atoms with van der Waals surface area (Å²) in [6.07, 6.45) is 5.64. The minimum absolute atomic E-state index is 0.0882. The Kier molecular flexibility index (Phi) is 4.09. The highest BCUT2D eigenvalue weighted by molar-refractivity contribution is 5.81. The fourth-order valence-corrected chi connectivity index (χ4v) is 0.620. The van der Waals surface area contributed by atoms with Gasteiger partial charge in [-0.05, 0) is 25.2 Å². The molecule has 0 aliphatic carbocycles. The fraction of sp³-hybridized carbons (Fsp3) is 0.444. The van der Waals surface area contributed by atoms with Crippen LogP contribution in [0.2, 0.25) is 0 Å².